The van der Waals surface area contributed by atoms with Crippen LogP contribution in [0.2, 0.25) is 0 Å². The molecule has 4 rings (SSSR count). The van der Waals surface area contributed by atoms with Crippen LogP contribution in [-0.2, 0) is 4.74 Å². The molecule has 0 radical (unpaired) electrons. The highest BCUT2D eigenvalue weighted by Crippen LogP contribution is 2.29. The maximum absolute atomic E-state index is 14.6. The molecular weight excluding hydrogens is 398 g/mol. The minimum absolute atomic E-state index is 0.0744. The molecule has 30 heavy (non-hydrogen) atoms. The third-order valence-corrected chi connectivity index (χ3v) is 5.10. The fourth-order valence-electron chi connectivity index (χ4n) is 3.62. The first kappa shape index (κ1) is 20.2. The quantitative estimate of drug-likeness (QED) is 0.719. The summed E-state index contributed by atoms with van der Waals surface area (Å²) in [5, 5.41) is 2.79. The fraction of sp³-hybridized carbons (Fsp3) is 0.474. The lowest BCUT2D eigenvalue weighted by Gasteiger charge is -2.39. The van der Waals surface area contributed by atoms with Crippen LogP contribution in [0, 0.1) is 11.6 Å². The van der Waals surface area contributed by atoms with Crippen LogP contribution in [0.4, 0.5) is 19.3 Å². The third-order valence-electron chi connectivity index (χ3n) is 5.10. The van der Waals surface area contributed by atoms with E-state index in [0.29, 0.717) is 51.2 Å². The van der Waals surface area contributed by atoms with Gasteiger partial charge in [-0.1, -0.05) is 0 Å². The Bertz CT molecular complexity index is 862. The smallest absolute Gasteiger partial charge is 0.331 e. The van der Waals surface area contributed by atoms with Crippen molar-refractivity contribution in [1.82, 2.24) is 20.0 Å². The van der Waals surface area contributed by atoms with Crippen molar-refractivity contribution in [2.24, 2.45) is 4.99 Å². The van der Waals surface area contributed by atoms with Crippen molar-refractivity contribution >= 4 is 17.7 Å². The lowest BCUT2D eigenvalue weighted by molar-refractivity contribution is 0.146. The highest BCUT2D eigenvalue weighted by Gasteiger charge is 2.33. The van der Waals surface area contributed by atoms with E-state index in [1.165, 1.54) is 19.2 Å². The number of halogens is 2. The van der Waals surface area contributed by atoms with Crippen molar-refractivity contribution in [1.29, 1.82) is 0 Å². The first-order chi connectivity index (χ1) is 14.5. The zero-order chi connectivity index (χ0) is 21.3. The van der Waals surface area contributed by atoms with Crippen molar-refractivity contribution in [3.63, 3.8) is 0 Å². The summed E-state index contributed by atoms with van der Waals surface area (Å²) in [6.45, 7) is 2.70. The molecule has 1 aromatic carbocycles. The number of urea groups is 1. The minimum atomic E-state index is -0.672. The molecule has 3 aliphatic rings. The van der Waals surface area contributed by atoms with Crippen molar-refractivity contribution < 1.29 is 23.0 Å². The maximum atomic E-state index is 14.6. The average Bonchev–Trinajstić information content (AvgIpc) is 3.09. The summed E-state index contributed by atoms with van der Waals surface area (Å²) in [6.07, 6.45) is 1.80. The van der Waals surface area contributed by atoms with Gasteiger partial charge >= 0.3 is 6.03 Å². The lowest BCUT2D eigenvalue weighted by atomic mass is 10.2. The standard InChI is InChI=1S/C19H24F2N6O3/c1-24-11-16-22-18(23-19(28)27(16)12-24)26-5-3-25(4-6-26)17-14(20)9-13(10-15(17)21)30-8-7-29-2/h9-11H,3-8,12H2,1-2H3,(H,22,23,28). The Balaban J connectivity index is 1.42. The van der Waals surface area contributed by atoms with E-state index in [1.807, 2.05) is 16.8 Å². The van der Waals surface area contributed by atoms with Gasteiger partial charge in [-0.05, 0) is 0 Å². The molecule has 0 aliphatic carbocycles. The van der Waals surface area contributed by atoms with Gasteiger partial charge in [0, 0.05) is 58.7 Å². The van der Waals surface area contributed by atoms with Crippen molar-refractivity contribution in [2.75, 3.05) is 65.1 Å². The number of methoxy groups -OCH3 is 1. The van der Waals surface area contributed by atoms with Gasteiger partial charge in [0.2, 0.25) is 5.96 Å². The van der Waals surface area contributed by atoms with Gasteiger partial charge in [0.25, 0.3) is 0 Å². The molecule has 0 saturated carbocycles. The van der Waals surface area contributed by atoms with Gasteiger partial charge in [0.05, 0.1) is 6.61 Å². The normalized spacial score (nSPS) is 18.9. The van der Waals surface area contributed by atoms with Gasteiger partial charge in [-0.3, -0.25) is 10.2 Å². The zero-order valence-corrected chi connectivity index (χ0v) is 16.9. The Morgan fingerprint density at radius 2 is 1.77 bits per heavy atom. The molecule has 1 aromatic rings. The van der Waals surface area contributed by atoms with Crippen LogP contribution in [0.5, 0.6) is 5.75 Å². The summed E-state index contributed by atoms with van der Waals surface area (Å²) in [6, 6.07) is 2.13. The summed E-state index contributed by atoms with van der Waals surface area (Å²) in [5.74, 6) is -0.175. The van der Waals surface area contributed by atoms with E-state index in [-0.39, 0.29) is 24.1 Å². The van der Waals surface area contributed by atoms with E-state index < -0.39 is 11.6 Å². The molecule has 3 aliphatic heterocycles. The number of nitrogens with one attached hydrogen (secondary N) is 1. The number of carbonyl (C=O) groups is 1. The van der Waals surface area contributed by atoms with E-state index in [4.69, 9.17) is 9.47 Å². The second-order valence-electron chi connectivity index (χ2n) is 7.23. The second kappa shape index (κ2) is 8.34. The highest BCUT2D eigenvalue weighted by atomic mass is 19.1. The number of hydrogen-bond acceptors (Lipinski definition) is 7. The molecule has 11 heteroatoms. The van der Waals surface area contributed by atoms with E-state index in [9.17, 15) is 13.6 Å². The number of anilines is 1. The van der Waals surface area contributed by atoms with Crippen LogP contribution in [0.1, 0.15) is 0 Å². The molecule has 2 amide bonds. The van der Waals surface area contributed by atoms with Crippen LogP contribution in [0.15, 0.2) is 29.1 Å². The molecule has 162 valence electrons. The fourth-order valence-corrected chi connectivity index (χ4v) is 3.62. The Morgan fingerprint density at radius 1 is 1.10 bits per heavy atom. The SMILES string of the molecule is COCCOc1cc(F)c(N2CCN(C3=NC4=CN(C)CN4C(=O)N3)CC2)c(F)c1. The molecule has 1 N–H and O–H groups in total. The van der Waals surface area contributed by atoms with Crippen LogP contribution in [0.25, 0.3) is 0 Å². The van der Waals surface area contributed by atoms with Gasteiger partial charge in [-0.25, -0.2) is 13.6 Å². The molecule has 0 aromatic heterocycles. The molecule has 0 unspecified atom stereocenters. The van der Waals surface area contributed by atoms with Gasteiger partial charge in [-0.15, -0.1) is 0 Å². The molecule has 9 nitrogen and oxygen atoms in total. The van der Waals surface area contributed by atoms with Crippen LogP contribution >= 0.6 is 0 Å². The van der Waals surface area contributed by atoms with Gasteiger partial charge in [-0.2, -0.15) is 4.99 Å². The van der Waals surface area contributed by atoms with E-state index in [2.05, 4.69) is 10.3 Å². The predicted octanol–water partition coefficient (Wildman–Crippen LogP) is 1.19. The third kappa shape index (κ3) is 3.97. The van der Waals surface area contributed by atoms with Gasteiger partial charge in [0.1, 0.15) is 24.7 Å². The molecule has 0 spiro atoms. The second-order valence-corrected chi connectivity index (χ2v) is 7.23. The number of hydrogen-bond donors (Lipinski definition) is 1. The first-order valence-corrected chi connectivity index (χ1v) is 9.66. The van der Waals surface area contributed by atoms with Crippen molar-refractivity contribution in [3.05, 3.63) is 35.8 Å². The summed E-state index contributed by atoms with van der Waals surface area (Å²) in [4.78, 5) is 23.8. The Labute approximate surface area is 173 Å². The number of guanidine groups is 1. The number of ether oxygens (including phenoxy) is 2. The molecule has 1 saturated heterocycles. The summed E-state index contributed by atoms with van der Waals surface area (Å²) < 4.78 is 39.3. The van der Waals surface area contributed by atoms with Crippen molar-refractivity contribution in [2.45, 2.75) is 0 Å². The predicted molar refractivity (Wildman–Crippen MR) is 106 cm³/mol. The minimum Gasteiger partial charge on any atom is -0.491 e. The van der Waals surface area contributed by atoms with Gasteiger partial charge in [0.15, 0.2) is 17.5 Å². The first-order valence-electron chi connectivity index (χ1n) is 9.66. The number of rotatable bonds is 5. The largest absolute Gasteiger partial charge is 0.491 e. The molecular formula is C19H24F2N6O3. The number of amides is 2. The Hall–Kier alpha value is -3.08. The van der Waals surface area contributed by atoms with E-state index >= 15 is 0 Å². The number of fused-ring (bicyclic) bond motifs is 1. The number of benzene rings is 1. The summed E-state index contributed by atoms with van der Waals surface area (Å²) >= 11 is 0. The molecule has 0 bridgehead atoms. The van der Waals surface area contributed by atoms with Crippen LogP contribution in [-0.4, -0.2) is 86.9 Å². The summed E-state index contributed by atoms with van der Waals surface area (Å²) in [7, 11) is 3.39. The number of piperazine rings is 1. The zero-order valence-electron chi connectivity index (χ0n) is 16.9. The van der Waals surface area contributed by atoms with Crippen LogP contribution < -0.4 is 15.0 Å². The monoisotopic (exact) mass is 422 g/mol. The Kier molecular flexibility index (Phi) is 5.62. The van der Waals surface area contributed by atoms with Crippen LogP contribution in [0.3, 0.4) is 0 Å². The lowest BCUT2D eigenvalue weighted by Crippen LogP contribution is -2.57. The van der Waals surface area contributed by atoms with E-state index in [0.717, 1.165) is 0 Å². The van der Waals surface area contributed by atoms with Gasteiger partial charge < -0.3 is 24.2 Å². The number of carbonyl (C=O) groups excluding carboxylic acids is 1. The topological polar surface area (TPSA) is 72.9 Å². The van der Waals surface area contributed by atoms with Crippen molar-refractivity contribution in [3.8, 4) is 5.75 Å². The average molecular weight is 422 g/mol. The maximum Gasteiger partial charge on any atom is 0.331 e. The molecule has 1 fully saturated rings. The molecule has 3 heterocycles. The summed E-state index contributed by atoms with van der Waals surface area (Å²) in [5.41, 5.74) is -0.0744. The Morgan fingerprint density at radius 3 is 2.43 bits per heavy atom. The highest BCUT2D eigenvalue weighted by molar-refractivity contribution is 5.99. The number of nitrogens with zero attached hydrogens (tertiary/aromatic N) is 5. The molecule has 0 atom stereocenters. The van der Waals surface area contributed by atoms with E-state index in [1.54, 1.807) is 16.0 Å². The number of aliphatic imine (C=N–C) groups is 1.